The van der Waals surface area contributed by atoms with Crippen LogP contribution in [0, 0.1) is 0 Å². The fraction of sp³-hybridized carbons (Fsp3) is 0.417. The first kappa shape index (κ1) is 15.3. The molecule has 4 N–H and O–H groups in total. The van der Waals surface area contributed by atoms with Gasteiger partial charge in [-0.3, -0.25) is 10.2 Å². The third-order valence-electron chi connectivity index (χ3n) is 2.56. The number of alkyl halides is 3. The van der Waals surface area contributed by atoms with Crippen molar-refractivity contribution in [3.05, 3.63) is 29.3 Å². The lowest BCUT2D eigenvalue weighted by atomic mass is 10.1. The number of benzene rings is 1. The summed E-state index contributed by atoms with van der Waals surface area (Å²) in [6.45, 7) is 2.35. The van der Waals surface area contributed by atoms with Gasteiger partial charge in [-0.1, -0.05) is 13.3 Å². The molecular weight excluding hydrogens is 259 g/mol. The van der Waals surface area contributed by atoms with Crippen LogP contribution in [0.15, 0.2) is 18.2 Å². The van der Waals surface area contributed by atoms with Crippen molar-refractivity contribution in [2.24, 2.45) is 5.84 Å². The number of hydrogen-bond donors (Lipinski definition) is 3. The molecule has 0 aliphatic carbocycles. The summed E-state index contributed by atoms with van der Waals surface area (Å²) in [7, 11) is 0. The number of hydrazine groups is 1. The average molecular weight is 275 g/mol. The van der Waals surface area contributed by atoms with Gasteiger partial charge in [0.15, 0.2) is 0 Å². The van der Waals surface area contributed by atoms with E-state index in [0.717, 1.165) is 31.0 Å². The van der Waals surface area contributed by atoms with Crippen LogP contribution in [0.4, 0.5) is 18.9 Å². The molecule has 0 aromatic heterocycles. The molecule has 1 amide bonds. The van der Waals surface area contributed by atoms with Crippen molar-refractivity contribution in [2.45, 2.75) is 25.9 Å². The maximum atomic E-state index is 12.8. The topological polar surface area (TPSA) is 67.2 Å². The van der Waals surface area contributed by atoms with Gasteiger partial charge in [-0.25, -0.2) is 5.84 Å². The summed E-state index contributed by atoms with van der Waals surface area (Å²) < 4.78 is 38.4. The summed E-state index contributed by atoms with van der Waals surface area (Å²) in [5, 5.41) is 2.70. The summed E-state index contributed by atoms with van der Waals surface area (Å²) in [6.07, 6.45) is -2.87. The van der Waals surface area contributed by atoms with Crippen molar-refractivity contribution in [1.82, 2.24) is 5.43 Å². The second kappa shape index (κ2) is 6.42. The Kier molecular flexibility index (Phi) is 5.17. The van der Waals surface area contributed by atoms with E-state index in [0.29, 0.717) is 6.54 Å². The minimum Gasteiger partial charge on any atom is -0.385 e. The van der Waals surface area contributed by atoms with Crippen LogP contribution < -0.4 is 16.6 Å². The number of halogens is 3. The number of nitrogen functional groups attached to an aromatic ring is 1. The summed E-state index contributed by atoms with van der Waals surface area (Å²) in [6, 6.07) is 3.12. The summed E-state index contributed by atoms with van der Waals surface area (Å²) >= 11 is 0. The van der Waals surface area contributed by atoms with E-state index in [1.54, 1.807) is 0 Å². The molecule has 0 saturated heterocycles. The molecule has 1 aromatic rings. The molecular formula is C12H16F3N3O. The van der Waals surface area contributed by atoms with E-state index in [2.05, 4.69) is 5.32 Å². The molecule has 0 bridgehead atoms. The Bertz CT molecular complexity index is 446. The Morgan fingerprint density at radius 1 is 1.37 bits per heavy atom. The van der Waals surface area contributed by atoms with E-state index in [9.17, 15) is 18.0 Å². The van der Waals surface area contributed by atoms with Crippen LogP contribution in [-0.2, 0) is 6.18 Å². The first-order valence-corrected chi connectivity index (χ1v) is 5.86. The summed E-state index contributed by atoms with van der Waals surface area (Å²) in [4.78, 5) is 11.3. The van der Waals surface area contributed by atoms with Crippen molar-refractivity contribution >= 4 is 11.6 Å². The van der Waals surface area contributed by atoms with Crippen LogP contribution in [0.25, 0.3) is 0 Å². The Morgan fingerprint density at radius 3 is 2.58 bits per heavy atom. The van der Waals surface area contributed by atoms with Gasteiger partial charge < -0.3 is 5.32 Å². The van der Waals surface area contributed by atoms with E-state index in [-0.39, 0.29) is 11.3 Å². The van der Waals surface area contributed by atoms with E-state index in [1.807, 2.05) is 12.3 Å². The molecule has 0 fully saturated rings. The minimum atomic E-state index is -4.47. The molecule has 106 valence electrons. The van der Waals surface area contributed by atoms with Gasteiger partial charge in [-0.15, -0.1) is 0 Å². The highest BCUT2D eigenvalue weighted by Gasteiger charge is 2.33. The quantitative estimate of drug-likeness (QED) is 0.335. The predicted molar refractivity (Wildman–Crippen MR) is 66.5 cm³/mol. The molecule has 0 radical (unpaired) electrons. The van der Waals surface area contributed by atoms with E-state index in [1.165, 1.54) is 0 Å². The second-order valence-corrected chi connectivity index (χ2v) is 4.01. The Balaban J connectivity index is 3.07. The average Bonchev–Trinajstić information content (AvgIpc) is 2.36. The number of amides is 1. The molecule has 0 aliphatic rings. The van der Waals surface area contributed by atoms with Gasteiger partial charge in [-0.2, -0.15) is 13.2 Å². The van der Waals surface area contributed by atoms with E-state index in [4.69, 9.17) is 5.84 Å². The highest BCUT2D eigenvalue weighted by Crippen LogP contribution is 2.35. The van der Waals surface area contributed by atoms with Gasteiger partial charge in [0.05, 0.1) is 5.56 Å². The molecule has 0 unspecified atom stereocenters. The van der Waals surface area contributed by atoms with Crippen molar-refractivity contribution < 1.29 is 18.0 Å². The number of anilines is 1. The normalized spacial score (nSPS) is 11.2. The van der Waals surface area contributed by atoms with Crippen LogP contribution in [0.2, 0.25) is 0 Å². The van der Waals surface area contributed by atoms with Gasteiger partial charge in [-0.05, 0) is 24.6 Å². The lowest BCUT2D eigenvalue weighted by molar-refractivity contribution is -0.137. The van der Waals surface area contributed by atoms with Crippen LogP contribution in [-0.4, -0.2) is 12.5 Å². The van der Waals surface area contributed by atoms with Crippen LogP contribution in [0.5, 0.6) is 0 Å². The number of unbranched alkanes of at least 4 members (excludes halogenated alkanes) is 1. The summed E-state index contributed by atoms with van der Waals surface area (Å²) in [5.74, 6) is 4.33. The fourth-order valence-electron chi connectivity index (χ4n) is 1.56. The molecule has 4 nitrogen and oxygen atoms in total. The Hall–Kier alpha value is -1.76. The van der Waals surface area contributed by atoms with Crippen molar-refractivity contribution in [1.29, 1.82) is 0 Å². The Morgan fingerprint density at radius 2 is 2.05 bits per heavy atom. The van der Waals surface area contributed by atoms with Crippen LogP contribution >= 0.6 is 0 Å². The van der Waals surface area contributed by atoms with Crippen molar-refractivity contribution in [3.63, 3.8) is 0 Å². The number of carbonyl (C=O) groups is 1. The third kappa shape index (κ3) is 4.13. The summed E-state index contributed by atoms with van der Waals surface area (Å²) in [5.41, 5.74) is 1.06. The zero-order valence-electron chi connectivity index (χ0n) is 10.5. The standard InChI is InChI=1S/C12H16F3N3O/c1-2-3-6-17-10-7-8(11(19)18-16)4-5-9(10)12(13,14)15/h4-5,7,17H,2-3,6,16H2,1H3,(H,18,19). The highest BCUT2D eigenvalue weighted by atomic mass is 19.4. The van der Waals surface area contributed by atoms with Gasteiger partial charge in [0.2, 0.25) is 0 Å². The number of hydrogen-bond acceptors (Lipinski definition) is 3. The monoisotopic (exact) mass is 275 g/mol. The van der Waals surface area contributed by atoms with Crippen LogP contribution in [0.1, 0.15) is 35.7 Å². The largest absolute Gasteiger partial charge is 0.418 e. The van der Waals surface area contributed by atoms with Gasteiger partial charge in [0, 0.05) is 17.8 Å². The number of nitrogens with two attached hydrogens (primary N) is 1. The second-order valence-electron chi connectivity index (χ2n) is 4.01. The van der Waals surface area contributed by atoms with E-state index >= 15 is 0 Å². The Labute approximate surface area is 109 Å². The number of nitrogens with one attached hydrogen (secondary N) is 2. The maximum Gasteiger partial charge on any atom is 0.418 e. The van der Waals surface area contributed by atoms with Crippen molar-refractivity contribution in [3.8, 4) is 0 Å². The molecule has 19 heavy (non-hydrogen) atoms. The van der Waals surface area contributed by atoms with Gasteiger partial charge >= 0.3 is 6.18 Å². The highest BCUT2D eigenvalue weighted by molar-refractivity contribution is 5.95. The zero-order valence-corrected chi connectivity index (χ0v) is 10.5. The molecule has 0 aliphatic heterocycles. The molecule has 1 aromatic carbocycles. The maximum absolute atomic E-state index is 12.8. The fourth-order valence-corrected chi connectivity index (χ4v) is 1.56. The molecule has 0 atom stereocenters. The van der Waals surface area contributed by atoms with E-state index < -0.39 is 17.6 Å². The molecule has 0 spiro atoms. The molecule has 0 saturated carbocycles. The molecule has 0 heterocycles. The lowest BCUT2D eigenvalue weighted by Crippen LogP contribution is -2.30. The first-order valence-electron chi connectivity index (χ1n) is 5.86. The SMILES string of the molecule is CCCCNc1cc(C(=O)NN)ccc1C(F)(F)F. The van der Waals surface area contributed by atoms with Gasteiger partial charge in [0.1, 0.15) is 0 Å². The zero-order chi connectivity index (χ0) is 14.5. The smallest absolute Gasteiger partial charge is 0.385 e. The van der Waals surface area contributed by atoms with Gasteiger partial charge in [0.25, 0.3) is 5.91 Å². The number of rotatable bonds is 5. The number of carbonyl (C=O) groups excluding carboxylic acids is 1. The predicted octanol–water partition coefficient (Wildman–Crippen LogP) is 2.52. The minimum absolute atomic E-state index is 0.0782. The molecule has 7 heteroatoms. The lowest BCUT2D eigenvalue weighted by Gasteiger charge is -2.15. The molecule has 1 rings (SSSR count). The van der Waals surface area contributed by atoms with Crippen molar-refractivity contribution in [2.75, 3.05) is 11.9 Å². The van der Waals surface area contributed by atoms with Crippen LogP contribution in [0.3, 0.4) is 0 Å². The first-order chi connectivity index (χ1) is 8.90. The third-order valence-corrected chi connectivity index (χ3v) is 2.56.